The highest BCUT2D eigenvalue weighted by atomic mass is 79.9. The van der Waals surface area contributed by atoms with Crippen LogP contribution >= 0.6 is 27.7 Å². The van der Waals surface area contributed by atoms with Crippen molar-refractivity contribution >= 4 is 27.7 Å². The first kappa shape index (κ1) is 9.00. The first-order valence-electron chi connectivity index (χ1n) is 2.89. The number of thioether (sulfide) groups is 1. The van der Waals surface area contributed by atoms with Crippen LogP contribution < -0.4 is 0 Å². The number of halogens is 3. The van der Waals surface area contributed by atoms with Crippen molar-refractivity contribution in [3.63, 3.8) is 0 Å². The lowest BCUT2D eigenvalue weighted by molar-refractivity contribution is 0.252. The average Bonchev–Trinajstić information content (AvgIpc) is 1.85. The zero-order valence-electron chi connectivity index (χ0n) is 5.43. The molecule has 0 atom stereocenters. The maximum absolute atomic E-state index is 11.8. The molecule has 4 heteroatoms. The molecule has 0 fully saturated rings. The molecule has 1 aromatic rings. The van der Waals surface area contributed by atoms with E-state index in [-0.39, 0.29) is 0 Å². The Labute approximate surface area is 76.1 Å². The summed E-state index contributed by atoms with van der Waals surface area (Å²) in [5, 5.41) is 0. The Morgan fingerprint density at radius 3 is 2.64 bits per heavy atom. The third kappa shape index (κ3) is 3.20. The number of hydrogen-bond acceptors (Lipinski definition) is 1. The highest BCUT2D eigenvalue weighted by Crippen LogP contribution is 2.26. The van der Waals surface area contributed by atoms with Crippen molar-refractivity contribution in [2.24, 2.45) is 0 Å². The molecule has 0 spiro atoms. The molecule has 0 unspecified atom stereocenters. The van der Waals surface area contributed by atoms with Crippen molar-refractivity contribution in [2.45, 2.75) is 10.7 Å². The van der Waals surface area contributed by atoms with E-state index in [4.69, 9.17) is 0 Å². The summed E-state index contributed by atoms with van der Waals surface area (Å²) in [6, 6.07) is 6.85. The van der Waals surface area contributed by atoms with Crippen molar-refractivity contribution in [3.05, 3.63) is 28.7 Å². The summed E-state index contributed by atoms with van der Waals surface area (Å²) in [6.45, 7) is 0. The van der Waals surface area contributed by atoms with Gasteiger partial charge in [0.1, 0.15) is 0 Å². The molecule has 11 heavy (non-hydrogen) atoms. The van der Waals surface area contributed by atoms with Gasteiger partial charge in [0.2, 0.25) is 0 Å². The van der Waals surface area contributed by atoms with Crippen LogP contribution in [-0.2, 0) is 0 Å². The van der Waals surface area contributed by atoms with Gasteiger partial charge >= 0.3 is 0 Å². The lowest BCUT2D eigenvalue weighted by Gasteiger charge is -1.98. The molecule has 0 radical (unpaired) electrons. The van der Waals surface area contributed by atoms with Gasteiger partial charge in [-0.3, -0.25) is 0 Å². The molecule has 0 N–H and O–H groups in total. The second-order valence-corrected chi connectivity index (χ2v) is 3.82. The van der Waals surface area contributed by atoms with Gasteiger partial charge in [0, 0.05) is 9.37 Å². The Kier molecular flexibility index (Phi) is 3.33. The fraction of sp³-hybridized carbons (Fsp3) is 0.143. The zero-order valence-corrected chi connectivity index (χ0v) is 7.83. The Morgan fingerprint density at radius 2 is 2.09 bits per heavy atom. The first-order chi connectivity index (χ1) is 5.18. The van der Waals surface area contributed by atoms with Gasteiger partial charge < -0.3 is 0 Å². The van der Waals surface area contributed by atoms with Crippen LogP contribution in [0.15, 0.2) is 33.6 Å². The summed E-state index contributed by atoms with van der Waals surface area (Å²) in [4.78, 5) is 0.578. The number of benzene rings is 1. The van der Waals surface area contributed by atoms with E-state index in [0.29, 0.717) is 16.7 Å². The van der Waals surface area contributed by atoms with Crippen molar-refractivity contribution in [1.82, 2.24) is 0 Å². The number of hydrogen-bond donors (Lipinski definition) is 0. The molecule has 0 nitrogen and oxygen atoms in total. The highest BCUT2D eigenvalue weighted by molar-refractivity contribution is 9.10. The molecule has 0 aliphatic carbocycles. The fourth-order valence-corrected chi connectivity index (χ4v) is 1.75. The lowest BCUT2D eigenvalue weighted by Crippen LogP contribution is -1.80. The summed E-state index contributed by atoms with van der Waals surface area (Å²) in [7, 11) is 0. The minimum atomic E-state index is -2.34. The van der Waals surface area contributed by atoms with Gasteiger partial charge in [-0.15, -0.1) is 0 Å². The van der Waals surface area contributed by atoms with Crippen molar-refractivity contribution in [2.75, 3.05) is 0 Å². The molecule has 0 aromatic heterocycles. The van der Waals surface area contributed by atoms with E-state index in [1.54, 1.807) is 24.3 Å². The van der Waals surface area contributed by atoms with E-state index in [9.17, 15) is 8.78 Å². The second-order valence-electron chi connectivity index (χ2n) is 1.84. The summed E-state index contributed by atoms with van der Waals surface area (Å²) >= 11 is 3.74. The summed E-state index contributed by atoms with van der Waals surface area (Å²) in [5.41, 5.74) is 0. The van der Waals surface area contributed by atoms with Crippen LogP contribution in [0.4, 0.5) is 8.78 Å². The van der Waals surface area contributed by atoms with E-state index in [1.807, 2.05) is 0 Å². The molecule has 60 valence electrons. The zero-order chi connectivity index (χ0) is 8.27. The van der Waals surface area contributed by atoms with Gasteiger partial charge in [0.25, 0.3) is 5.76 Å². The quantitative estimate of drug-likeness (QED) is 0.708. The number of rotatable bonds is 2. The molecule has 0 heterocycles. The van der Waals surface area contributed by atoms with E-state index < -0.39 is 5.76 Å². The molecule has 1 aromatic carbocycles. The Hall–Kier alpha value is -0.0900. The monoisotopic (exact) mass is 238 g/mol. The summed E-state index contributed by atoms with van der Waals surface area (Å²) in [5.74, 6) is -2.34. The normalized spacial score (nSPS) is 10.5. The fourth-order valence-electron chi connectivity index (χ4n) is 0.643. The molecule has 0 saturated heterocycles. The maximum atomic E-state index is 11.8. The lowest BCUT2D eigenvalue weighted by atomic mass is 10.4. The smallest absolute Gasteiger partial charge is 0.198 e. The van der Waals surface area contributed by atoms with Gasteiger partial charge in [-0.2, -0.15) is 8.78 Å². The minimum Gasteiger partial charge on any atom is -0.198 e. The Balaban J connectivity index is 2.71. The van der Waals surface area contributed by atoms with Gasteiger partial charge in [-0.1, -0.05) is 33.8 Å². The Bertz CT molecular complexity index is 240. The third-order valence-electron chi connectivity index (χ3n) is 1.02. The van der Waals surface area contributed by atoms with Crippen molar-refractivity contribution in [1.29, 1.82) is 0 Å². The van der Waals surface area contributed by atoms with E-state index in [0.717, 1.165) is 4.47 Å². The SMILES string of the molecule is FC(F)Sc1cccc(Br)c1. The topological polar surface area (TPSA) is 0 Å². The average molecular weight is 239 g/mol. The van der Waals surface area contributed by atoms with Crippen LogP contribution in [0, 0.1) is 0 Å². The molecule has 1 rings (SSSR count). The van der Waals surface area contributed by atoms with Crippen molar-refractivity contribution < 1.29 is 8.78 Å². The highest BCUT2D eigenvalue weighted by Gasteiger charge is 2.04. The second kappa shape index (κ2) is 4.07. The maximum Gasteiger partial charge on any atom is 0.288 e. The van der Waals surface area contributed by atoms with Gasteiger partial charge in [-0.05, 0) is 18.2 Å². The summed E-state index contributed by atoms with van der Waals surface area (Å²) < 4.78 is 24.4. The molecule has 0 aliphatic rings. The van der Waals surface area contributed by atoms with E-state index in [1.165, 1.54) is 0 Å². The van der Waals surface area contributed by atoms with Gasteiger partial charge in [0.05, 0.1) is 0 Å². The van der Waals surface area contributed by atoms with Crippen LogP contribution in [-0.4, -0.2) is 5.76 Å². The minimum absolute atomic E-state index is 0.549. The van der Waals surface area contributed by atoms with E-state index >= 15 is 0 Å². The predicted octanol–water partition coefficient (Wildman–Crippen LogP) is 3.76. The summed E-state index contributed by atoms with van der Waals surface area (Å²) in [6.07, 6.45) is 0. The molecule has 0 bridgehead atoms. The Morgan fingerprint density at radius 1 is 1.36 bits per heavy atom. The predicted molar refractivity (Wildman–Crippen MR) is 46.0 cm³/mol. The number of alkyl halides is 2. The van der Waals surface area contributed by atoms with Crippen LogP contribution in [0.1, 0.15) is 0 Å². The molecule has 0 aliphatic heterocycles. The molecule has 0 amide bonds. The van der Waals surface area contributed by atoms with Crippen LogP contribution in [0.2, 0.25) is 0 Å². The molecule has 0 saturated carbocycles. The largest absolute Gasteiger partial charge is 0.288 e. The van der Waals surface area contributed by atoms with E-state index in [2.05, 4.69) is 15.9 Å². The molecular formula is C7H5BrF2S. The van der Waals surface area contributed by atoms with Crippen LogP contribution in [0.3, 0.4) is 0 Å². The third-order valence-corrected chi connectivity index (χ3v) is 2.22. The van der Waals surface area contributed by atoms with Crippen LogP contribution in [0.5, 0.6) is 0 Å². The van der Waals surface area contributed by atoms with Gasteiger partial charge in [0.15, 0.2) is 0 Å². The van der Waals surface area contributed by atoms with Crippen LogP contribution in [0.25, 0.3) is 0 Å². The van der Waals surface area contributed by atoms with Crippen molar-refractivity contribution in [3.8, 4) is 0 Å². The first-order valence-corrected chi connectivity index (χ1v) is 4.56. The van der Waals surface area contributed by atoms with Gasteiger partial charge in [-0.25, -0.2) is 0 Å². The standard InChI is InChI=1S/C7H5BrF2S/c8-5-2-1-3-6(4-5)11-7(9)10/h1-4,7H. The molecular weight excluding hydrogens is 234 g/mol.